The minimum Gasteiger partial charge on any atom is -0.319 e. The Hall–Kier alpha value is -1.67. The third-order valence-electron chi connectivity index (χ3n) is 3.50. The fourth-order valence-corrected chi connectivity index (χ4v) is 2.51. The highest BCUT2D eigenvalue weighted by atomic mass is 19.1. The molecule has 0 saturated heterocycles. The second kappa shape index (κ2) is 6.48. The van der Waals surface area contributed by atoms with Gasteiger partial charge in [-0.25, -0.2) is 4.39 Å². The molecule has 0 radical (unpaired) electrons. The molecule has 0 aliphatic heterocycles. The van der Waals surface area contributed by atoms with Gasteiger partial charge in [0.05, 0.1) is 0 Å². The summed E-state index contributed by atoms with van der Waals surface area (Å²) in [5.41, 5.74) is 3.34. The molecule has 1 unspecified atom stereocenters. The van der Waals surface area contributed by atoms with Crippen LogP contribution in [0.3, 0.4) is 0 Å². The van der Waals surface area contributed by atoms with Crippen LogP contribution >= 0.6 is 0 Å². The summed E-state index contributed by atoms with van der Waals surface area (Å²) in [6.45, 7) is 2.96. The van der Waals surface area contributed by atoms with Crippen LogP contribution in [0.5, 0.6) is 0 Å². The van der Waals surface area contributed by atoms with E-state index < -0.39 is 0 Å². The van der Waals surface area contributed by atoms with Gasteiger partial charge in [0.25, 0.3) is 0 Å². The van der Waals surface area contributed by atoms with Gasteiger partial charge in [0, 0.05) is 12.5 Å². The Kier molecular flexibility index (Phi) is 4.69. The highest BCUT2D eigenvalue weighted by molar-refractivity contribution is 5.31. The number of hydrogen-bond donors (Lipinski definition) is 1. The summed E-state index contributed by atoms with van der Waals surface area (Å²) >= 11 is 0. The first-order valence-electron chi connectivity index (χ1n) is 6.66. The summed E-state index contributed by atoms with van der Waals surface area (Å²) in [6, 6.07) is 15.4. The fourth-order valence-electron chi connectivity index (χ4n) is 2.51. The lowest BCUT2D eigenvalue weighted by molar-refractivity contribution is 0.573. The van der Waals surface area contributed by atoms with Crippen molar-refractivity contribution < 1.29 is 4.39 Å². The van der Waals surface area contributed by atoms with Crippen LogP contribution in [0.25, 0.3) is 0 Å². The molecule has 1 N–H and O–H groups in total. The molecule has 0 spiro atoms. The van der Waals surface area contributed by atoms with E-state index in [1.54, 1.807) is 6.07 Å². The highest BCUT2D eigenvalue weighted by Crippen LogP contribution is 2.24. The summed E-state index contributed by atoms with van der Waals surface area (Å²) in [5.74, 6) is 0.181. The Bertz CT molecular complexity index is 536. The molecule has 19 heavy (non-hydrogen) atoms. The lowest BCUT2D eigenvalue weighted by atomic mass is 9.89. The van der Waals surface area contributed by atoms with Gasteiger partial charge in [0.1, 0.15) is 5.82 Å². The summed E-state index contributed by atoms with van der Waals surface area (Å²) in [7, 11) is 1.94. The second-order valence-corrected chi connectivity index (χ2v) is 4.91. The van der Waals surface area contributed by atoms with Crippen LogP contribution in [0.4, 0.5) is 4.39 Å². The van der Waals surface area contributed by atoms with Crippen molar-refractivity contribution in [1.29, 1.82) is 0 Å². The van der Waals surface area contributed by atoms with E-state index in [9.17, 15) is 4.39 Å². The van der Waals surface area contributed by atoms with Gasteiger partial charge in [-0.1, -0.05) is 42.5 Å². The van der Waals surface area contributed by atoms with Gasteiger partial charge in [-0.2, -0.15) is 0 Å². The molecule has 2 aromatic rings. The number of halogens is 1. The quantitative estimate of drug-likeness (QED) is 0.861. The highest BCUT2D eigenvalue weighted by Gasteiger charge is 2.15. The third-order valence-corrected chi connectivity index (χ3v) is 3.50. The van der Waals surface area contributed by atoms with E-state index in [0.29, 0.717) is 5.92 Å². The zero-order chi connectivity index (χ0) is 13.7. The maximum Gasteiger partial charge on any atom is 0.126 e. The largest absolute Gasteiger partial charge is 0.319 e. The Balaban J connectivity index is 2.27. The third kappa shape index (κ3) is 3.42. The molecule has 2 aromatic carbocycles. The topological polar surface area (TPSA) is 12.0 Å². The van der Waals surface area contributed by atoms with Crippen LogP contribution in [0.2, 0.25) is 0 Å². The van der Waals surface area contributed by atoms with Gasteiger partial charge < -0.3 is 5.32 Å². The predicted octanol–water partition coefficient (Wildman–Crippen LogP) is 3.68. The molecule has 0 fully saturated rings. The van der Waals surface area contributed by atoms with Gasteiger partial charge in [-0.15, -0.1) is 0 Å². The first-order chi connectivity index (χ1) is 9.22. The van der Waals surface area contributed by atoms with E-state index in [1.165, 1.54) is 17.2 Å². The second-order valence-electron chi connectivity index (χ2n) is 4.91. The molecule has 2 rings (SSSR count). The number of benzene rings is 2. The van der Waals surface area contributed by atoms with Crippen LogP contribution in [-0.2, 0) is 6.42 Å². The fraction of sp³-hybridized carbons (Fsp3) is 0.294. The van der Waals surface area contributed by atoms with Gasteiger partial charge in [0.2, 0.25) is 0 Å². The van der Waals surface area contributed by atoms with E-state index in [-0.39, 0.29) is 5.82 Å². The van der Waals surface area contributed by atoms with Crippen molar-refractivity contribution >= 4 is 0 Å². The van der Waals surface area contributed by atoms with Crippen LogP contribution in [0, 0.1) is 12.7 Å². The van der Waals surface area contributed by atoms with E-state index in [2.05, 4.69) is 24.4 Å². The molecule has 0 aromatic heterocycles. The van der Waals surface area contributed by atoms with Crippen LogP contribution in [-0.4, -0.2) is 13.6 Å². The first-order valence-corrected chi connectivity index (χ1v) is 6.66. The number of aryl methyl sites for hydroxylation is 1. The molecule has 0 heterocycles. The summed E-state index contributed by atoms with van der Waals surface area (Å²) in [6.07, 6.45) is 0.721. The molecule has 2 heteroatoms. The van der Waals surface area contributed by atoms with Crippen LogP contribution < -0.4 is 5.32 Å². The molecular weight excluding hydrogens is 237 g/mol. The zero-order valence-electron chi connectivity index (χ0n) is 11.5. The number of nitrogens with one attached hydrogen (secondary N) is 1. The Labute approximate surface area is 114 Å². The van der Waals surface area contributed by atoms with Gasteiger partial charge in [-0.05, 0) is 43.1 Å². The number of rotatable bonds is 5. The van der Waals surface area contributed by atoms with Crippen LogP contribution in [0.15, 0.2) is 48.5 Å². The minimum absolute atomic E-state index is 0.114. The molecular formula is C17H20FN. The zero-order valence-corrected chi connectivity index (χ0v) is 11.5. The van der Waals surface area contributed by atoms with Crippen molar-refractivity contribution in [3.05, 3.63) is 71.0 Å². The number of hydrogen-bond acceptors (Lipinski definition) is 1. The Morgan fingerprint density at radius 3 is 2.42 bits per heavy atom. The minimum atomic E-state index is -0.114. The number of likely N-dealkylation sites (N-methyl/N-ethyl adjacent to an activating group) is 1. The monoisotopic (exact) mass is 257 g/mol. The SMILES string of the molecule is CNCC(Cc1ccccc1F)c1ccccc1C. The normalized spacial score (nSPS) is 12.4. The lowest BCUT2D eigenvalue weighted by Crippen LogP contribution is -2.20. The molecule has 1 nitrogen and oxygen atoms in total. The van der Waals surface area contributed by atoms with Crippen molar-refractivity contribution in [2.24, 2.45) is 0 Å². The lowest BCUT2D eigenvalue weighted by Gasteiger charge is -2.19. The predicted molar refractivity (Wildman–Crippen MR) is 78.0 cm³/mol. The van der Waals surface area contributed by atoms with Gasteiger partial charge >= 0.3 is 0 Å². The van der Waals surface area contributed by atoms with Gasteiger partial charge in [0.15, 0.2) is 0 Å². The average molecular weight is 257 g/mol. The van der Waals surface area contributed by atoms with Crippen molar-refractivity contribution in [3.8, 4) is 0 Å². The van der Waals surface area contributed by atoms with Crippen molar-refractivity contribution in [2.75, 3.05) is 13.6 Å². The van der Waals surface area contributed by atoms with E-state index in [0.717, 1.165) is 18.5 Å². The average Bonchev–Trinajstić information content (AvgIpc) is 2.41. The maximum atomic E-state index is 13.8. The van der Waals surface area contributed by atoms with Crippen molar-refractivity contribution in [3.63, 3.8) is 0 Å². The maximum absolute atomic E-state index is 13.8. The summed E-state index contributed by atoms with van der Waals surface area (Å²) < 4.78 is 13.8. The Morgan fingerprint density at radius 1 is 1.05 bits per heavy atom. The van der Waals surface area contributed by atoms with Crippen LogP contribution in [0.1, 0.15) is 22.6 Å². The molecule has 1 atom stereocenters. The first kappa shape index (κ1) is 13.8. The van der Waals surface area contributed by atoms with Crippen molar-refractivity contribution in [2.45, 2.75) is 19.3 Å². The molecule has 0 saturated carbocycles. The summed E-state index contributed by atoms with van der Waals surface area (Å²) in [5, 5.41) is 3.21. The van der Waals surface area contributed by atoms with Crippen molar-refractivity contribution in [1.82, 2.24) is 5.32 Å². The standard InChI is InChI=1S/C17H20FN/c1-13-7-3-5-9-16(13)15(12-19-2)11-14-8-4-6-10-17(14)18/h3-10,15,19H,11-12H2,1-2H3. The van der Waals surface area contributed by atoms with E-state index >= 15 is 0 Å². The smallest absolute Gasteiger partial charge is 0.126 e. The Morgan fingerprint density at radius 2 is 1.74 bits per heavy atom. The molecule has 0 aliphatic carbocycles. The molecule has 0 aliphatic rings. The molecule has 0 amide bonds. The molecule has 0 bridgehead atoms. The van der Waals surface area contributed by atoms with Gasteiger partial charge in [-0.3, -0.25) is 0 Å². The summed E-state index contributed by atoms with van der Waals surface area (Å²) in [4.78, 5) is 0. The van der Waals surface area contributed by atoms with E-state index in [1.807, 2.05) is 31.3 Å². The molecule has 100 valence electrons. The van der Waals surface area contributed by atoms with E-state index in [4.69, 9.17) is 0 Å².